The third-order valence-corrected chi connectivity index (χ3v) is 1.92. The third kappa shape index (κ3) is 1.65. The van der Waals surface area contributed by atoms with Crippen LogP contribution in [0, 0.1) is 0 Å². The summed E-state index contributed by atoms with van der Waals surface area (Å²) in [4.78, 5) is 0. The van der Waals surface area contributed by atoms with E-state index in [1.54, 1.807) is 0 Å². The van der Waals surface area contributed by atoms with Crippen LogP contribution in [-0.4, -0.2) is 6.61 Å². The Balaban J connectivity index is 2.33. The molecular weight excluding hydrogens is 215 g/mol. The molecule has 0 aromatic rings. The number of hydrogen-bond donors (Lipinski definition) is 0. The Morgan fingerprint density at radius 1 is 1.50 bits per heavy atom. The quantitative estimate of drug-likeness (QED) is 0.574. The smallest absolute Gasteiger partial charge is 0.102 e. The van der Waals surface area contributed by atoms with E-state index in [2.05, 4.69) is 22.6 Å². The summed E-state index contributed by atoms with van der Waals surface area (Å²) in [6, 6.07) is 0. The van der Waals surface area contributed by atoms with Crippen molar-refractivity contribution < 1.29 is 4.74 Å². The summed E-state index contributed by atoms with van der Waals surface area (Å²) < 4.78 is 7.31. The fraction of sp³-hybridized carbons (Fsp3) is 0.667. The van der Waals surface area contributed by atoms with Gasteiger partial charge in [-0.15, -0.1) is 0 Å². The Hall–Kier alpha value is 0.270. The molecule has 0 unspecified atom stereocenters. The minimum atomic E-state index is 0.925. The molecule has 1 heterocycles. The van der Waals surface area contributed by atoms with E-state index in [0.717, 1.165) is 18.8 Å². The van der Waals surface area contributed by atoms with E-state index in [9.17, 15) is 0 Å². The Bertz CT molecular complexity index is 90.7. The molecule has 46 valence electrons. The molecule has 0 aromatic carbocycles. The lowest BCUT2D eigenvalue weighted by atomic mass is 10.2. The van der Waals surface area contributed by atoms with Gasteiger partial charge in [0.05, 0.1) is 6.61 Å². The van der Waals surface area contributed by atoms with E-state index in [-0.39, 0.29) is 0 Å². The lowest BCUT2D eigenvalue weighted by Gasteiger charge is -2.14. The molecule has 1 rings (SSSR count). The van der Waals surface area contributed by atoms with E-state index in [4.69, 9.17) is 4.74 Å². The first-order valence-corrected chi connectivity index (χ1v) is 4.10. The van der Waals surface area contributed by atoms with Gasteiger partial charge >= 0.3 is 0 Å². The van der Waals surface area contributed by atoms with Gasteiger partial charge in [-0.3, -0.25) is 0 Å². The Labute approximate surface area is 63.2 Å². The largest absolute Gasteiger partial charge is 0.497 e. The predicted octanol–water partition coefficient (Wildman–Crippen LogP) is 2.46. The molecule has 2 heteroatoms. The van der Waals surface area contributed by atoms with Gasteiger partial charge in [0.2, 0.25) is 0 Å². The van der Waals surface area contributed by atoms with Crippen molar-refractivity contribution >= 4 is 22.6 Å². The third-order valence-electron chi connectivity index (χ3n) is 1.23. The lowest BCUT2D eigenvalue weighted by Crippen LogP contribution is -2.01. The number of rotatable bonds is 0. The second-order valence-corrected chi connectivity index (χ2v) is 2.50. The summed E-state index contributed by atoms with van der Waals surface area (Å²) in [7, 11) is 0. The van der Waals surface area contributed by atoms with Crippen molar-refractivity contribution in [2.75, 3.05) is 6.61 Å². The molecule has 1 saturated heterocycles. The van der Waals surface area contributed by atoms with Crippen molar-refractivity contribution in [3.8, 4) is 0 Å². The van der Waals surface area contributed by atoms with Gasteiger partial charge in [-0.1, -0.05) is 0 Å². The molecule has 1 aliphatic heterocycles. The Kier molecular flexibility index (Phi) is 2.66. The second-order valence-electron chi connectivity index (χ2n) is 1.88. The molecule has 0 radical (unpaired) electrons. The van der Waals surface area contributed by atoms with Crippen molar-refractivity contribution in [1.82, 2.24) is 0 Å². The topological polar surface area (TPSA) is 9.23 Å². The van der Waals surface area contributed by atoms with Crippen LogP contribution in [0.15, 0.2) is 9.84 Å². The summed E-state index contributed by atoms with van der Waals surface area (Å²) in [5, 5.41) is 0. The lowest BCUT2D eigenvalue weighted by molar-refractivity contribution is 0.167. The van der Waals surface area contributed by atoms with Crippen LogP contribution < -0.4 is 0 Å². The predicted molar refractivity (Wildman–Crippen MR) is 41.9 cm³/mol. The van der Waals surface area contributed by atoms with E-state index < -0.39 is 0 Å². The zero-order chi connectivity index (χ0) is 5.82. The fourth-order valence-electron chi connectivity index (χ4n) is 0.763. The van der Waals surface area contributed by atoms with Gasteiger partial charge < -0.3 is 4.74 Å². The number of hydrogen-bond acceptors (Lipinski definition) is 1. The molecule has 0 aromatic heterocycles. The standard InChI is InChI=1S/C6H9IO/c7-5-6-3-1-2-4-8-6/h5H,1-4H2/b6-5-. The fourth-order valence-corrected chi connectivity index (χ4v) is 1.25. The maximum Gasteiger partial charge on any atom is 0.102 e. The molecule has 0 saturated carbocycles. The van der Waals surface area contributed by atoms with Crippen LogP contribution in [0.5, 0.6) is 0 Å². The first-order valence-electron chi connectivity index (χ1n) is 2.85. The van der Waals surface area contributed by atoms with Crippen molar-refractivity contribution in [3.63, 3.8) is 0 Å². The molecule has 0 spiro atoms. The van der Waals surface area contributed by atoms with Gasteiger partial charge in [0.25, 0.3) is 0 Å². The van der Waals surface area contributed by atoms with Crippen molar-refractivity contribution in [2.45, 2.75) is 19.3 Å². The van der Waals surface area contributed by atoms with Gasteiger partial charge in [-0.25, -0.2) is 0 Å². The van der Waals surface area contributed by atoms with Gasteiger partial charge in [0, 0.05) is 10.5 Å². The first-order chi connectivity index (χ1) is 3.93. The van der Waals surface area contributed by atoms with E-state index >= 15 is 0 Å². The molecule has 1 nitrogen and oxygen atoms in total. The van der Waals surface area contributed by atoms with Crippen molar-refractivity contribution in [2.24, 2.45) is 0 Å². The molecule has 0 N–H and O–H groups in total. The minimum Gasteiger partial charge on any atom is -0.497 e. The Morgan fingerprint density at radius 2 is 2.38 bits per heavy atom. The van der Waals surface area contributed by atoms with E-state index in [1.165, 1.54) is 12.8 Å². The highest BCUT2D eigenvalue weighted by molar-refractivity contribution is 14.1. The van der Waals surface area contributed by atoms with Crippen molar-refractivity contribution in [1.29, 1.82) is 0 Å². The molecule has 0 amide bonds. The van der Waals surface area contributed by atoms with Gasteiger partial charge in [-0.2, -0.15) is 0 Å². The number of halogens is 1. The van der Waals surface area contributed by atoms with Crippen LogP contribution in [0.2, 0.25) is 0 Å². The summed E-state index contributed by atoms with van der Waals surface area (Å²) in [6.45, 7) is 0.925. The number of allylic oxidation sites excluding steroid dienone is 1. The normalized spacial score (nSPS) is 25.4. The minimum absolute atomic E-state index is 0.925. The highest BCUT2D eigenvalue weighted by Crippen LogP contribution is 2.16. The first kappa shape index (κ1) is 6.39. The highest BCUT2D eigenvalue weighted by Gasteiger charge is 2.03. The molecule has 8 heavy (non-hydrogen) atoms. The van der Waals surface area contributed by atoms with Gasteiger partial charge in [-0.05, 0) is 35.4 Å². The molecule has 1 fully saturated rings. The van der Waals surface area contributed by atoms with Gasteiger partial charge in [0.1, 0.15) is 5.76 Å². The Morgan fingerprint density at radius 3 is 2.75 bits per heavy atom. The monoisotopic (exact) mass is 224 g/mol. The van der Waals surface area contributed by atoms with Crippen molar-refractivity contribution in [3.05, 3.63) is 9.84 Å². The average Bonchev–Trinajstić information content (AvgIpc) is 1.90. The van der Waals surface area contributed by atoms with E-state index in [1.807, 2.05) is 4.08 Å². The van der Waals surface area contributed by atoms with Crippen LogP contribution in [0.4, 0.5) is 0 Å². The maximum atomic E-state index is 5.28. The average molecular weight is 224 g/mol. The summed E-state index contributed by atoms with van der Waals surface area (Å²) >= 11 is 2.22. The zero-order valence-corrected chi connectivity index (χ0v) is 6.85. The van der Waals surface area contributed by atoms with Crippen LogP contribution in [0.25, 0.3) is 0 Å². The van der Waals surface area contributed by atoms with Crippen LogP contribution >= 0.6 is 22.6 Å². The molecule has 0 atom stereocenters. The molecule has 1 aliphatic rings. The van der Waals surface area contributed by atoms with Crippen LogP contribution in [0.3, 0.4) is 0 Å². The highest BCUT2D eigenvalue weighted by atomic mass is 127. The van der Waals surface area contributed by atoms with Crippen LogP contribution in [0.1, 0.15) is 19.3 Å². The van der Waals surface area contributed by atoms with Gasteiger partial charge in [0.15, 0.2) is 0 Å². The number of ether oxygens (including phenoxy) is 1. The summed E-state index contributed by atoms with van der Waals surface area (Å²) in [6.07, 6.45) is 3.67. The molecule has 0 bridgehead atoms. The summed E-state index contributed by atoms with van der Waals surface area (Å²) in [5.74, 6) is 1.16. The zero-order valence-electron chi connectivity index (χ0n) is 4.69. The maximum absolute atomic E-state index is 5.28. The second kappa shape index (κ2) is 3.33. The summed E-state index contributed by atoms with van der Waals surface area (Å²) in [5.41, 5.74) is 0. The van der Waals surface area contributed by atoms with Crippen LogP contribution in [-0.2, 0) is 4.74 Å². The van der Waals surface area contributed by atoms with E-state index in [0.29, 0.717) is 0 Å². The SMILES string of the molecule is I/C=C1/CCCCO1. The molecular formula is C6H9IO. The molecule has 0 aliphatic carbocycles.